The topological polar surface area (TPSA) is 43.4 Å². The highest BCUT2D eigenvalue weighted by Gasteiger charge is 2.34. The highest BCUT2D eigenvalue weighted by atomic mass is 19.3. The number of fused-ring (bicyclic) bond motifs is 1. The van der Waals surface area contributed by atoms with Gasteiger partial charge in [0.2, 0.25) is 0 Å². The third kappa shape index (κ3) is 3.43. The van der Waals surface area contributed by atoms with Crippen molar-refractivity contribution in [3.8, 4) is 11.5 Å². The number of benzene rings is 1. The van der Waals surface area contributed by atoms with Crippen molar-refractivity contribution in [2.24, 2.45) is 7.05 Å². The lowest BCUT2D eigenvalue weighted by Gasteiger charge is -2.22. The van der Waals surface area contributed by atoms with Crippen LogP contribution < -0.4 is 0 Å². The first-order valence-electron chi connectivity index (χ1n) is 8.20. The summed E-state index contributed by atoms with van der Waals surface area (Å²) in [7, 11) is 1.82. The molecule has 1 aliphatic heterocycles. The Kier molecular flexibility index (Phi) is 4.05. The van der Waals surface area contributed by atoms with E-state index < -0.39 is 12.5 Å². The number of rotatable bonds is 3. The Balaban J connectivity index is 1.64. The molecular formula is C18H19F2N3O2. The molecule has 4 rings (SSSR count). The Morgan fingerprint density at radius 1 is 1.28 bits per heavy atom. The molecule has 0 atom stereocenters. The number of hydrogen-bond donors (Lipinski definition) is 0. The average molecular weight is 347 g/mol. The van der Waals surface area contributed by atoms with Crippen LogP contribution in [0.25, 0.3) is 22.4 Å². The second-order valence-corrected chi connectivity index (χ2v) is 6.44. The number of aryl methyl sites for hydroxylation is 1. The van der Waals surface area contributed by atoms with Gasteiger partial charge >= 0.3 is 0 Å². The fourth-order valence-electron chi connectivity index (χ4n) is 3.20. The SMILES string of the molecule is Cn1cc(CN2CCOCC(F)(F)C2)c(-c2cc3ccccc3o2)n1. The van der Waals surface area contributed by atoms with Crippen molar-refractivity contribution in [1.82, 2.24) is 14.7 Å². The summed E-state index contributed by atoms with van der Waals surface area (Å²) in [5.41, 5.74) is 2.33. The van der Waals surface area contributed by atoms with Gasteiger partial charge in [-0.1, -0.05) is 18.2 Å². The predicted molar refractivity (Wildman–Crippen MR) is 89.5 cm³/mol. The molecule has 3 aromatic rings. The maximum absolute atomic E-state index is 13.8. The normalized spacial score (nSPS) is 18.5. The molecule has 7 heteroatoms. The summed E-state index contributed by atoms with van der Waals surface area (Å²) in [6, 6.07) is 9.65. The second kappa shape index (κ2) is 6.24. The molecule has 0 aliphatic carbocycles. The maximum atomic E-state index is 13.8. The summed E-state index contributed by atoms with van der Waals surface area (Å²) >= 11 is 0. The van der Waals surface area contributed by atoms with Crippen LogP contribution in [0.3, 0.4) is 0 Å². The molecule has 0 bridgehead atoms. The van der Waals surface area contributed by atoms with Crippen LogP contribution >= 0.6 is 0 Å². The zero-order valence-corrected chi connectivity index (χ0v) is 13.9. The summed E-state index contributed by atoms with van der Waals surface area (Å²) in [5.74, 6) is -2.19. The van der Waals surface area contributed by atoms with Gasteiger partial charge < -0.3 is 9.15 Å². The van der Waals surface area contributed by atoms with Crippen LogP contribution in [-0.2, 0) is 18.3 Å². The summed E-state index contributed by atoms with van der Waals surface area (Å²) in [5, 5.41) is 5.47. The molecule has 0 unspecified atom stereocenters. The van der Waals surface area contributed by atoms with E-state index in [9.17, 15) is 8.78 Å². The third-order valence-electron chi connectivity index (χ3n) is 4.28. The number of ether oxygens (including phenoxy) is 1. The quantitative estimate of drug-likeness (QED) is 0.729. The van der Waals surface area contributed by atoms with Crippen LogP contribution in [0, 0.1) is 0 Å². The van der Waals surface area contributed by atoms with Crippen LogP contribution in [-0.4, -0.2) is 46.9 Å². The van der Waals surface area contributed by atoms with Crippen molar-refractivity contribution < 1.29 is 17.9 Å². The van der Waals surface area contributed by atoms with E-state index in [0.717, 1.165) is 16.5 Å². The summed E-state index contributed by atoms with van der Waals surface area (Å²) in [6.07, 6.45) is 1.85. The molecule has 0 spiro atoms. The van der Waals surface area contributed by atoms with Gasteiger partial charge in [-0.05, 0) is 12.1 Å². The first kappa shape index (κ1) is 16.2. The van der Waals surface area contributed by atoms with E-state index in [1.807, 2.05) is 43.6 Å². The first-order valence-corrected chi connectivity index (χ1v) is 8.20. The Hall–Kier alpha value is -2.25. The van der Waals surface area contributed by atoms with Gasteiger partial charge in [-0.15, -0.1) is 0 Å². The molecular weight excluding hydrogens is 328 g/mol. The zero-order chi connectivity index (χ0) is 17.4. The molecule has 0 amide bonds. The average Bonchev–Trinajstić information content (AvgIpc) is 3.09. The van der Waals surface area contributed by atoms with Crippen molar-refractivity contribution in [2.75, 3.05) is 26.3 Å². The van der Waals surface area contributed by atoms with Crippen LogP contribution in [0.15, 0.2) is 40.9 Å². The van der Waals surface area contributed by atoms with Crippen molar-refractivity contribution in [3.05, 3.63) is 42.1 Å². The van der Waals surface area contributed by atoms with Gasteiger partial charge in [0.1, 0.15) is 17.9 Å². The number of aromatic nitrogens is 2. The number of alkyl halides is 2. The first-order chi connectivity index (χ1) is 12.0. The maximum Gasteiger partial charge on any atom is 0.283 e. The standard InChI is InChI=1S/C18H19F2N3O2/c1-22-9-14(10-23-6-7-24-12-18(19,20)11-23)17(21-22)16-8-13-4-2-3-5-15(13)25-16/h2-5,8-9H,6-7,10-12H2,1H3. The Labute approximate surface area is 143 Å². The van der Waals surface area contributed by atoms with E-state index >= 15 is 0 Å². The summed E-state index contributed by atoms with van der Waals surface area (Å²) in [6.45, 7) is 0.299. The van der Waals surface area contributed by atoms with Gasteiger partial charge in [-0.25, -0.2) is 8.78 Å². The lowest BCUT2D eigenvalue weighted by atomic mass is 10.1. The Morgan fingerprint density at radius 2 is 2.12 bits per heavy atom. The van der Waals surface area contributed by atoms with Gasteiger partial charge in [0.15, 0.2) is 5.76 Å². The van der Waals surface area contributed by atoms with Crippen LogP contribution in [0.2, 0.25) is 0 Å². The van der Waals surface area contributed by atoms with Crippen molar-refractivity contribution in [3.63, 3.8) is 0 Å². The predicted octanol–water partition coefficient (Wildman–Crippen LogP) is 3.30. The number of hydrogen-bond acceptors (Lipinski definition) is 4. The molecule has 5 nitrogen and oxygen atoms in total. The largest absolute Gasteiger partial charge is 0.454 e. The third-order valence-corrected chi connectivity index (χ3v) is 4.28. The minimum atomic E-state index is -2.84. The lowest BCUT2D eigenvalue weighted by Crippen LogP contribution is -2.37. The molecule has 25 heavy (non-hydrogen) atoms. The number of para-hydroxylation sites is 1. The fourth-order valence-corrected chi connectivity index (χ4v) is 3.20. The van der Waals surface area contributed by atoms with Crippen LogP contribution in [0.1, 0.15) is 5.56 Å². The smallest absolute Gasteiger partial charge is 0.283 e. The number of halogens is 2. The van der Waals surface area contributed by atoms with Gasteiger partial charge in [-0.3, -0.25) is 9.58 Å². The number of nitrogens with zero attached hydrogens (tertiary/aromatic N) is 3. The van der Waals surface area contributed by atoms with E-state index in [1.54, 1.807) is 9.58 Å². The molecule has 1 aromatic carbocycles. The van der Waals surface area contributed by atoms with E-state index in [2.05, 4.69) is 5.10 Å². The Morgan fingerprint density at radius 3 is 2.96 bits per heavy atom. The molecule has 1 fully saturated rings. The Bertz CT molecular complexity index is 854. The van der Waals surface area contributed by atoms with E-state index in [-0.39, 0.29) is 6.54 Å². The van der Waals surface area contributed by atoms with E-state index in [4.69, 9.17) is 9.15 Å². The van der Waals surface area contributed by atoms with Gasteiger partial charge in [0.05, 0.1) is 13.2 Å². The van der Waals surface area contributed by atoms with Crippen molar-refractivity contribution in [2.45, 2.75) is 12.5 Å². The molecule has 0 radical (unpaired) electrons. The minimum Gasteiger partial charge on any atom is -0.454 e. The number of furan rings is 1. The van der Waals surface area contributed by atoms with Gasteiger partial charge in [0, 0.05) is 37.3 Å². The summed E-state index contributed by atoms with van der Waals surface area (Å²) in [4.78, 5) is 1.70. The second-order valence-electron chi connectivity index (χ2n) is 6.44. The molecule has 1 aliphatic rings. The monoisotopic (exact) mass is 347 g/mol. The highest BCUT2D eigenvalue weighted by Crippen LogP contribution is 2.30. The molecule has 0 saturated carbocycles. The molecule has 3 heterocycles. The molecule has 0 N–H and O–H groups in total. The zero-order valence-electron chi connectivity index (χ0n) is 13.9. The lowest BCUT2D eigenvalue weighted by molar-refractivity contribution is -0.0689. The molecule has 1 saturated heterocycles. The van der Waals surface area contributed by atoms with Gasteiger partial charge in [-0.2, -0.15) is 5.10 Å². The van der Waals surface area contributed by atoms with Crippen molar-refractivity contribution >= 4 is 11.0 Å². The molecule has 132 valence electrons. The minimum absolute atomic E-state index is 0.301. The van der Waals surface area contributed by atoms with E-state index in [1.165, 1.54) is 0 Å². The van der Waals surface area contributed by atoms with Crippen LogP contribution in [0.5, 0.6) is 0 Å². The van der Waals surface area contributed by atoms with Crippen molar-refractivity contribution in [1.29, 1.82) is 0 Å². The van der Waals surface area contributed by atoms with Crippen LogP contribution in [0.4, 0.5) is 8.78 Å². The molecule has 2 aromatic heterocycles. The highest BCUT2D eigenvalue weighted by molar-refractivity contribution is 5.82. The van der Waals surface area contributed by atoms with Gasteiger partial charge in [0.25, 0.3) is 5.92 Å². The van der Waals surface area contributed by atoms with E-state index in [0.29, 0.717) is 31.2 Å². The fraction of sp³-hybridized carbons (Fsp3) is 0.389. The summed E-state index contributed by atoms with van der Waals surface area (Å²) < 4.78 is 40.1.